The van der Waals surface area contributed by atoms with Gasteiger partial charge in [-0.25, -0.2) is 18.1 Å². The van der Waals surface area contributed by atoms with Gasteiger partial charge in [0, 0.05) is 24.7 Å². The molecule has 2 saturated heterocycles. The molecule has 0 aliphatic carbocycles. The van der Waals surface area contributed by atoms with Crippen molar-refractivity contribution in [3.63, 3.8) is 0 Å². The maximum absolute atomic E-state index is 12.5. The van der Waals surface area contributed by atoms with Crippen molar-refractivity contribution in [3.8, 4) is 0 Å². The van der Waals surface area contributed by atoms with Crippen LogP contribution in [0.15, 0.2) is 18.5 Å². The molecule has 0 unspecified atom stereocenters. The standard InChI is InChI=1S/C15H18N4O3S/c1-10-4-12-6-17-19(15(12)16-5-10)9-14(20)18-7-11-2-3-23(21,22)13(11)8-18/h4-6,11,13H,2-3,7-9H2,1H3/t11-,13+/m0/s1. The van der Waals surface area contributed by atoms with Crippen molar-refractivity contribution in [3.05, 3.63) is 24.0 Å². The Hall–Kier alpha value is -1.96. The minimum absolute atomic E-state index is 0.0954. The molecular weight excluding hydrogens is 316 g/mol. The van der Waals surface area contributed by atoms with Crippen molar-refractivity contribution in [1.29, 1.82) is 0 Å². The Morgan fingerprint density at radius 3 is 2.96 bits per heavy atom. The number of sulfone groups is 1. The third kappa shape index (κ3) is 2.41. The second-order valence-corrected chi connectivity index (χ2v) is 8.82. The van der Waals surface area contributed by atoms with Gasteiger partial charge in [0.05, 0.1) is 17.2 Å². The fourth-order valence-corrected chi connectivity index (χ4v) is 5.77. The second kappa shape index (κ2) is 5.02. The fourth-order valence-electron chi connectivity index (χ4n) is 3.62. The molecule has 23 heavy (non-hydrogen) atoms. The Bertz CT molecular complexity index is 889. The first-order valence-electron chi connectivity index (χ1n) is 7.71. The molecule has 0 bridgehead atoms. The molecule has 2 aliphatic rings. The first-order chi connectivity index (χ1) is 10.9. The molecule has 2 aromatic heterocycles. The molecule has 0 spiro atoms. The highest BCUT2D eigenvalue weighted by Crippen LogP contribution is 2.33. The molecule has 2 atom stereocenters. The number of nitrogens with zero attached hydrogens (tertiary/aromatic N) is 4. The van der Waals surface area contributed by atoms with Gasteiger partial charge in [-0.15, -0.1) is 0 Å². The van der Waals surface area contributed by atoms with Crippen LogP contribution < -0.4 is 0 Å². The topological polar surface area (TPSA) is 85.2 Å². The summed E-state index contributed by atoms with van der Waals surface area (Å²) in [5.74, 6) is 0.262. The molecule has 0 radical (unpaired) electrons. The summed E-state index contributed by atoms with van der Waals surface area (Å²) in [4.78, 5) is 18.5. The predicted octanol–water partition coefficient (Wildman–Crippen LogP) is 0.385. The highest BCUT2D eigenvalue weighted by atomic mass is 32.2. The highest BCUT2D eigenvalue weighted by Gasteiger charge is 2.47. The van der Waals surface area contributed by atoms with E-state index in [2.05, 4.69) is 10.1 Å². The monoisotopic (exact) mass is 334 g/mol. The minimum atomic E-state index is -3.02. The summed E-state index contributed by atoms with van der Waals surface area (Å²) in [7, 11) is -3.02. The fraction of sp³-hybridized carbons (Fsp3) is 0.533. The second-order valence-electron chi connectivity index (χ2n) is 6.48. The van der Waals surface area contributed by atoms with Crippen LogP contribution >= 0.6 is 0 Å². The number of carbonyl (C=O) groups is 1. The first-order valence-corrected chi connectivity index (χ1v) is 9.43. The van der Waals surface area contributed by atoms with Gasteiger partial charge in [0.1, 0.15) is 6.54 Å². The zero-order valence-electron chi connectivity index (χ0n) is 12.8. The number of aryl methyl sites for hydroxylation is 1. The number of hydrogen-bond acceptors (Lipinski definition) is 5. The summed E-state index contributed by atoms with van der Waals surface area (Å²) in [5.41, 5.74) is 1.72. The number of pyridine rings is 1. The lowest BCUT2D eigenvalue weighted by molar-refractivity contribution is -0.131. The van der Waals surface area contributed by atoms with E-state index in [-0.39, 0.29) is 29.4 Å². The Balaban J connectivity index is 1.52. The van der Waals surface area contributed by atoms with Gasteiger partial charge in [0.2, 0.25) is 5.91 Å². The van der Waals surface area contributed by atoms with Crippen LogP contribution in [0.25, 0.3) is 11.0 Å². The van der Waals surface area contributed by atoms with Crippen LogP contribution in [-0.2, 0) is 21.2 Å². The number of hydrogen-bond donors (Lipinski definition) is 0. The van der Waals surface area contributed by atoms with E-state index in [0.29, 0.717) is 25.2 Å². The lowest BCUT2D eigenvalue weighted by atomic mass is 10.1. The first kappa shape index (κ1) is 14.6. The van der Waals surface area contributed by atoms with Crippen LogP contribution in [0.3, 0.4) is 0 Å². The van der Waals surface area contributed by atoms with Gasteiger partial charge < -0.3 is 4.90 Å². The number of aromatic nitrogens is 3. The molecule has 4 rings (SSSR count). The van der Waals surface area contributed by atoms with Gasteiger partial charge in [-0.1, -0.05) is 0 Å². The van der Waals surface area contributed by atoms with E-state index in [9.17, 15) is 13.2 Å². The lowest BCUT2D eigenvalue weighted by Gasteiger charge is -2.17. The summed E-state index contributed by atoms with van der Waals surface area (Å²) >= 11 is 0. The van der Waals surface area contributed by atoms with Gasteiger partial charge in [-0.3, -0.25) is 4.79 Å². The highest BCUT2D eigenvalue weighted by molar-refractivity contribution is 7.92. The molecule has 0 saturated carbocycles. The minimum Gasteiger partial charge on any atom is -0.339 e. The summed E-state index contributed by atoms with van der Waals surface area (Å²) in [6.07, 6.45) is 4.12. The van der Waals surface area contributed by atoms with Crippen molar-refractivity contribution in [2.24, 2.45) is 5.92 Å². The van der Waals surface area contributed by atoms with Gasteiger partial charge >= 0.3 is 0 Å². The van der Waals surface area contributed by atoms with Crippen LogP contribution in [0.2, 0.25) is 0 Å². The third-order valence-electron chi connectivity index (χ3n) is 4.87. The number of carbonyl (C=O) groups excluding carboxylic acids is 1. The molecule has 1 amide bonds. The largest absolute Gasteiger partial charge is 0.339 e. The van der Waals surface area contributed by atoms with Crippen molar-refractivity contribution in [2.75, 3.05) is 18.8 Å². The molecule has 4 heterocycles. The third-order valence-corrected chi connectivity index (χ3v) is 7.13. The average Bonchev–Trinajstić information content (AvgIpc) is 3.15. The zero-order valence-corrected chi connectivity index (χ0v) is 13.7. The van der Waals surface area contributed by atoms with Crippen LogP contribution in [0.5, 0.6) is 0 Å². The van der Waals surface area contributed by atoms with Crippen molar-refractivity contribution < 1.29 is 13.2 Å². The van der Waals surface area contributed by atoms with E-state index in [4.69, 9.17) is 0 Å². The van der Waals surface area contributed by atoms with E-state index >= 15 is 0 Å². The van der Waals surface area contributed by atoms with Crippen LogP contribution in [0.1, 0.15) is 12.0 Å². The van der Waals surface area contributed by atoms with E-state index in [1.807, 2.05) is 13.0 Å². The predicted molar refractivity (Wildman–Crippen MR) is 84.5 cm³/mol. The summed E-state index contributed by atoms with van der Waals surface area (Å²) in [5, 5.41) is 4.77. The van der Waals surface area contributed by atoms with Crippen LogP contribution in [0.4, 0.5) is 0 Å². The normalized spacial score (nSPS) is 25.9. The summed E-state index contributed by atoms with van der Waals surface area (Å²) in [6, 6.07) is 1.98. The number of fused-ring (bicyclic) bond motifs is 2. The van der Waals surface area contributed by atoms with E-state index in [1.165, 1.54) is 0 Å². The van der Waals surface area contributed by atoms with Crippen molar-refractivity contribution in [2.45, 2.75) is 25.1 Å². The summed E-state index contributed by atoms with van der Waals surface area (Å²) < 4.78 is 25.5. The van der Waals surface area contributed by atoms with Gasteiger partial charge in [-0.2, -0.15) is 5.10 Å². The van der Waals surface area contributed by atoms with Crippen LogP contribution in [-0.4, -0.2) is 58.1 Å². The quantitative estimate of drug-likeness (QED) is 0.793. The van der Waals surface area contributed by atoms with Gasteiger partial charge in [-0.05, 0) is 30.9 Å². The molecule has 7 nitrogen and oxygen atoms in total. The maximum Gasteiger partial charge on any atom is 0.244 e. The Morgan fingerprint density at radius 1 is 1.35 bits per heavy atom. The van der Waals surface area contributed by atoms with Crippen LogP contribution in [0, 0.1) is 12.8 Å². The molecule has 8 heteroatoms. The molecular formula is C15H18N4O3S. The molecule has 2 aromatic rings. The van der Waals surface area contributed by atoms with E-state index in [0.717, 1.165) is 10.9 Å². The van der Waals surface area contributed by atoms with E-state index < -0.39 is 9.84 Å². The van der Waals surface area contributed by atoms with Crippen molar-refractivity contribution in [1.82, 2.24) is 19.7 Å². The number of amides is 1. The molecule has 122 valence electrons. The zero-order chi connectivity index (χ0) is 16.2. The molecule has 2 fully saturated rings. The smallest absolute Gasteiger partial charge is 0.244 e. The van der Waals surface area contributed by atoms with E-state index in [1.54, 1.807) is 22.0 Å². The Morgan fingerprint density at radius 2 is 2.17 bits per heavy atom. The van der Waals surface area contributed by atoms with Crippen molar-refractivity contribution >= 4 is 26.8 Å². The molecule has 0 aromatic carbocycles. The summed E-state index contributed by atoms with van der Waals surface area (Å²) in [6.45, 7) is 2.91. The maximum atomic E-state index is 12.5. The Kier molecular flexibility index (Phi) is 3.19. The molecule has 2 aliphatic heterocycles. The lowest BCUT2D eigenvalue weighted by Crippen LogP contribution is -2.34. The van der Waals surface area contributed by atoms with Gasteiger partial charge in [0.15, 0.2) is 15.5 Å². The van der Waals surface area contributed by atoms with Gasteiger partial charge in [0.25, 0.3) is 0 Å². The SMILES string of the molecule is Cc1cnc2c(cnn2CC(=O)N2C[C@@H]3CCS(=O)(=O)[C@@H]3C2)c1. The average molecular weight is 334 g/mol. The molecule has 0 N–H and O–H groups in total. The Labute approximate surface area is 134 Å². The number of likely N-dealkylation sites (tertiary alicyclic amines) is 1. The number of rotatable bonds is 2.